The first-order valence-corrected chi connectivity index (χ1v) is 6.23. The van der Waals surface area contributed by atoms with Gasteiger partial charge in [-0.15, -0.1) is 0 Å². The summed E-state index contributed by atoms with van der Waals surface area (Å²) in [5.74, 6) is 1.71. The second-order valence-electron chi connectivity index (χ2n) is 5.52. The maximum Gasteiger partial charge on any atom is 0.146 e. The largest absolute Gasteiger partial charge is 0.356 e. The summed E-state index contributed by atoms with van der Waals surface area (Å²) in [6, 6.07) is 0. The third-order valence-corrected chi connectivity index (χ3v) is 3.64. The van der Waals surface area contributed by atoms with E-state index in [9.17, 15) is 0 Å². The second kappa shape index (κ2) is 5.86. The SMILES string of the molecule is CCOCOC[C@@]1(C)CC[C@@H](C(C)C)C1. The lowest BCUT2D eigenvalue weighted by Crippen LogP contribution is -2.21. The predicted molar refractivity (Wildman–Crippen MR) is 62.7 cm³/mol. The molecule has 1 fully saturated rings. The molecule has 0 aromatic heterocycles. The number of rotatable bonds is 6. The number of hydrogen-bond acceptors (Lipinski definition) is 2. The van der Waals surface area contributed by atoms with E-state index in [-0.39, 0.29) is 0 Å². The fourth-order valence-corrected chi connectivity index (χ4v) is 2.50. The van der Waals surface area contributed by atoms with Crippen LogP contribution in [0.25, 0.3) is 0 Å². The minimum Gasteiger partial charge on any atom is -0.356 e. The Labute approximate surface area is 94.3 Å². The summed E-state index contributed by atoms with van der Waals surface area (Å²) >= 11 is 0. The van der Waals surface area contributed by atoms with E-state index < -0.39 is 0 Å². The van der Waals surface area contributed by atoms with Crippen molar-refractivity contribution in [1.82, 2.24) is 0 Å². The van der Waals surface area contributed by atoms with Gasteiger partial charge < -0.3 is 9.47 Å². The van der Waals surface area contributed by atoms with E-state index in [1.54, 1.807) is 0 Å². The summed E-state index contributed by atoms with van der Waals surface area (Å²) in [6.45, 7) is 11.1. The second-order valence-corrected chi connectivity index (χ2v) is 5.52. The molecule has 0 aromatic rings. The summed E-state index contributed by atoms with van der Waals surface area (Å²) in [6.07, 6.45) is 3.99. The maximum atomic E-state index is 5.57. The van der Waals surface area contributed by atoms with Gasteiger partial charge in [0.15, 0.2) is 0 Å². The Morgan fingerprint density at radius 1 is 1.33 bits per heavy atom. The molecule has 1 aliphatic rings. The van der Waals surface area contributed by atoms with Crippen LogP contribution in [-0.2, 0) is 9.47 Å². The fraction of sp³-hybridized carbons (Fsp3) is 1.00. The Morgan fingerprint density at radius 2 is 2.07 bits per heavy atom. The van der Waals surface area contributed by atoms with Gasteiger partial charge in [-0.1, -0.05) is 20.8 Å². The molecule has 0 N–H and O–H groups in total. The van der Waals surface area contributed by atoms with Gasteiger partial charge in [0.25, 0.3) is 0 Å². The molecule has 2 nitrogen and oxygen atoms in total. The van der Waals surface area contributed by atoms with Crippen molar-refractivity contribution in [2.45, 2.75) is 47.0 Å². The maximum absolute atomic E-state index is 5.57. The van der Waals surface area contributed by atoms with Gasteiger partial charge in [-0.05, 0) is 43.4 Å². The van der Waals surface area contributed by atoms with Gasteiger partial charge >= 0.3 is 0 Å². The van der Waals surface area contributed by atoms with Crippen LogP contribution in [-0.4, -0.2) is 20.0 Å². The molecule has 2 atom stereocenters. The summed E-state index contributed by atoms with van der Waals surface area (Å²) in [5.41, 5.74) is 0.395. The van der Waals surface area contributed by atoms with Crippen molar-refractivity contribution in [1.29, 1.82) is 0 Å². The molecule has 0 spiro atoms. The zero-order chi connectivity index (χ0) is 11.3. The molecule has 15 heavy (non-hydrogen) atoms. The van der Waals surface area contributed by atoms with Gasteiger partial charge in [0.2, 0.25) is 0 Å². The smallest absolute Gasteiger partial charge is 0.146 e. The van der Waals surface area contributed by atoms with Crippen molar-refractivity contribution in [2.24, 2.45) is 17.3 Å². The van der Waals surface area contributed by atoms with Crippen molar-refractivity contribution < 1.29 is 9.47 Å². The van der Waals surface area contributed by atoms with Crippen molar-refractivity contribution in [3.8, 4) is 0 Å². The summed E-state index contributed by atoms with van der Waals surface area (Å²) in [7, 11) is 0. The third kappa shape index (κ3) is 4.12. The molecule has 0 heterocycles. The normalized spacial score (nSPS) is 31.4. The standard InChI is InChI=1S/C13H26O2/c1-5-14-10-15-9-13(4)7-6-12(8-13)11(2)3/h11-12H,5-10H2,1-4H3/t12-,13+/m1/s1. The molecule has 0 aromatic carbocycles. The Hall–Kier alpha value is -0.0800. The predicted octanol–water partition coefficient (Wildman–Crippen LogP) is 3.46. The zero-order valence-corrected chi connectivity index (χ0v) is 10.7. The highest BCUT2D eigenvalue weighted by Gasteiger charge is 2.36. The monoisotopic (exact) mass is 214 g/mol. The van der Waals surface area contributed by atoms with Gasteiger partial charge in [-0.2, -0.15) is 0 Å². The Bertz CT molecular complexity index is 179. The number of hydrogen-bond donors (Lipinski definition) is 0. The highest BCUT2D eigenvalue weighted by Crippen LogP contribution is 2.44. The van der Waals surface area contributed by atoms with E-state index in [1.807, 2.05) is 6.92 Å². The highest BCUT2D eigenvalue weighted by molar-refractivity contribution is 4.86. The van der Waals surface area contributed by atoms with Crippen LogP contribution in [0, 0.1) is 17.3 Å². The van der Waals surface area contributed by atoms with E-state index in [0.717, 1.165) is 25.0 Å². The Kier molecular flexibility index (Phi) is 5.07. The van der Waals surface area contributed by atoms with Crippen molar-refractivity contribution >= 4 is 0 Å². The molecule has 90 valence electrons. The van der Waals surface area contributed by atoms with Crippen LogP contribution in [0.4, 0.5) is 0 Å². The van der Waals surface area contributed by atoms with E-state index in [1.165, 1.54) is 19.3 Å². The molecule has 0 aliphatic heterocycles. The van der Waals surface area contributed by atoms with Gasteiger partial charge in [-0.3, -0.25) is 0 Å². The average Bonchev–Trinajstić information content (AvgIpc) is 2.57. The zero-order valence-electron chi connectivity index (χ0n) is 10.7. The molecule has 0 unspecified atom stereocenters. The molecule has 1 aliphatic carbocycles. The van der Waals surface area contributed by atoms with Crippen LogP contribution < -0.4 is 0 Å². The molecule has 1 rings (SSSR count). The summed E-state index contributed by atoms with van der Waals surface area (Å²) < 4.78 is 10.8. The van der Waals surface area contributed by atoms with E-state index in [4.69, 9.17) is 9.47 Å². The third-order valence-electron chi connectivity index (χ3n) is 3.64. The molecule has 0 bridgehead atoms. The lowest BCUT2D eigenvalue weighted by Gasteiger charge is -2.24. The number of ether oxygens (including phenoxy) is 2. The lowest BCUT2D eigenvalue weighted by atomic mass is 9.86. The Morgan fingerprint density at radius 3 is 2.60 bits per heavy atom. The topological polar surface area (TPSA) is 18.5 Å². The van der Waals surface area contributed by atoms with Gasteiger partial charge in [0, 0.05) is 6.61 Å². The van der Waals surface area contributed by atoms with Crippen LogP contribution in [0.15, 0.2) is 0 Å². The van der Waals surface area contributed by atoms with Gasteiger partial charge in [0.1, 0.15) is 6.79 Å². The summed E-state index contributed by atoms with van der Waals surface area (Å²) in [5, 5.41) is 0. The van der Waals surface area contributed by atoms with Crippen LogP contribution in [0.5, 0.6) is 0 Å². The average molecular weight is 214 g/mol. The van der Waals surface area contributed by atoms with Crippen LogP contribution in [0.2, 0.25) is 0 Å². The molecular formula is C13H26O2. The summed E-state index contributed by atoms with van der Waals surface area (Å²) in [4.78, 5) is 0. The quantitative estimate of drug-likeness (QED) is 0.498. The van der Waals surface area contributed by atoms with Crippen LogP contribution >= 0.6 is 0 Å². The minimum atomic E-state index is 0.395. The fourth-order valence-electron chi connectivity index (χ4n) is 2.50. The first kappa shape index (κ1) is 13.0. The van der Waals surface area contributed by atoms with Crippen molar-refractivity contribution in [3.05, 3.63) is 0 Å². The molecule has 0 saturated heterocycles. The van der Waals surface area contributed by atoms with E-state index in [0.29, 0.717) is 12.2 Å². The minimum absolute atomic E-state index is 0.395. The highest BCUT2D eigenvalue weighted by atomic mass is 16.7. The van der Waals surface area contributed by atoms with Crippen LogP contribution in [0.3, 0.4) is 0 Å². The lowest BCUT2D eigenvalue weighted by molar-refractivity contribution is -0.0757. The first-order valence-electron chi connectivity index (χ1n) is 6.23. The molecule has 0 radical (unpaired) electrons. The van der Waals surface area contributed by atoms with Crippen LogP contribution in [0.1, 0.15) is 47.0 Å². The van der Waals surface area contributed by atoms with Crippen molar-refractivity contribution in [3.63, 3.8) is 0 Å². The van der Waals surface area contributed by atoms with Gasteiger partial charge in [-0.25, -0.2) is 0 Å². The van der Waals surface area contributed by atoms with Crippen molar-refractivity contribution in [2.75, 3.05) is 20.0 Å². The van der Waals surface area contributed by atoms with Gasteiger partial charge in [0.05, 0.1) is 6.61 Å². The molecular weight excluding hydrogens is 188 g/mol. The first-order chi connectivity index (χ1) is 7.07. The van der Waals surface area contributed by atoms with E-state index in [2.05, 4.69) is 20.8 Å². The molecule has 2 heteroatoms. The molecule has 1 saturated carbocycles. The van der Waals surface area contributed by atoms with E-state index >= 15 is 0 Å². The molecule has 0 amide bonds. The Balaban J connectivity index is 2.23.